The smallest absolute Gasteiger partial charge is 0.247 e. The highest BCUT2D eigenvalue weighted by Gasteiger charge is 2.27. The number of nitrogens with zero attached hydrogens (tertiary/aromatic N) is 2. The molecule has 1 saturated heterocycles. The van der Waals surface area contributed by atoms with E-state index in [1.807, 2.05) is 0 Å². The number of amides is 1. The number of aromatic nitrogens is 1. The van der Waals surface area contributed by atoms with Crippen molar-refractivity contribution < 1.29 is 9.53 Å². The Morgan fingerprint density at radius 3 is 2.81 bits per heavy atom. The van der Waals surface area contributed by atoms with Gasteiger partial charge >= 0.3 is 0 Å². The first kappa shape index (κ1) is 12.1. The summed E-state index contributed by atoms with van der Waals surface area (Å²) < 4.78 is 5.71. The van der Waals surface area contributed by atoms with Crippen LogP contribution in [0.4, 0.5) is 0 Å². The van der Waals surface area contributed by atoms with E-state index in [9.17, 15) is 4.79 Å². The maximum atomic E-state index is 12.0. The molecule has 1 atom stereocenters. The molecule has 0 aromatic carbocycles. The maximum absolute atomic E-state index is 12.0. The molecule has 1 aliphatic heterocycles. The van der Waals surface area contributed by atoms with Crippen LogP contribution in [0, 0.1) is 0 Å². The molecule has 0 aliphatic carbocycles. The van der Waals surface area contributed by atoms with Crippen LogP contribution in [0.2, 0.25) is 4.34 Å². The van der Waals surface area contributed by atoms with Gasteiger partial charge in [0.25, 0.3) is 0 Å². The fraction of sp³-hybridized carbons (Fsp3) is 0.556. The summed E-state index contributed by atoms with van der Waals surface area (Å²) in [6.45, 7) is 2.30. The van der Waals surface area contributed by atoms with Crippen molar-refractivity contribution in [3.8, 4) is 0 Å². The van der Waals surface area contributed by atoms with Crippen LogP contribution in [-0.4, -0.2) is 42.1 Å². The SMILES string of the molecule is O=C(C(Cl)c1ncc(Cl)s1)N1CCOCC1. The Bertz CT molecular complexity index is 379. The van der Waals surface area contributed by atoms with Crippen LogP contribution in [0.25, 0.3) is 0 Å². The van der Waals surface area contributed by atoms with Gasteiger partial charge in [0, 0.05) is 13.1 Å². The number of hydrogen-bond donors (Lipinski definition) is 0. The highest BCUT2D eigenvalue weighted by Crippen LogP contribution is 2.29. The molecule has 0 N–H and O–H groups in total. The van der Waals surface area contributed by atoms with Gasteiger partial charge in [-0.2, -0.15) is 0 Å². The van der Waals surface area contributed by atoms with E-state index in [1.165, 1.54) is 17.5 Å². The van der Waals surface area contributed by atoms with Crippen molar-refractivity contribution in [2.24, 2.45) is 0 Å². The minimum atomic E-state index is -0.740. The Balaban J connectivity index is 2.03. The molecular weight excluding hydrogens is 271 g/mol. The van der Waals surface area contributed by atoms with Gasteiger partial charge in [0.2, 0.25) is 5.91 Å². The van der Waals surface area contributed by atoms with E-state index >= 15 is 0 Å². The number of carbonyl (C=O) groups is 1. The number of carbonyl (C=O) groups excluding carboxylic acids is 1. The molecule has 88 valence electrons. The lowest BCUT2D eigenvalue weighted by Crippen LogP contribution is -2.42. The fourth-order valence-electron chi connectivity index (χ4n) is 1.43. The van der Waals surface area contributed by atoms with Crippen LogP contribution in [0.1, 0.15) is 10.4 Å². The first-order valence-electron chi connectivity index (χ1n) is 4.80. The van der Waals surface area contributed by atoms with Gasteiger partial charge in [0.1, 0.15) is 9.34 Å². The van der Waals surface area contributed by atoms with Gasteiger partial charge in [-0.1, -0.05) is 11.6 Å². The molecule has 0 bridgehead atoms. The number of hydrogen-bond acceptors (Lipinski definition) is 4. The average molecular weight is 281 g/mol. The van der Waals surface area contributed by atoms with E-state index in [1.54, 1.807) is 4.90 Å². The van der Waals surface area contributed by atoms with Crippen LogP contribution in [-0.2, 0) is 9.53 Å². The third kappa shape index (κ3) is 2.66. The van der Waals surface area contributed by atoms with Crippen molar-refractivity contribution in [1.82, 2.24) is 9.88 Å². The lowest BCUT2D eigenvalue weighted by molar-refractivity contribution is -0.134. The third-order valence-corrected chi connectivity index (χ3v) is 3.95. The highest BCUT2D eigenvalue weighted by molar-refractivity contribution is 7.16. The predicted octanol–water partition coefficient (Wildman–Crippen LogP) is 1.94. The molecule has 2 heterocycles. The quantitative estimate of drug-likeness (QED) is 0.778. The standard InChI is InChI=1S/C9H10Cl2N2O2S/c10-6-5-12-8(16-6)7(11)9(14)13-1-3-15-4-2-13/h5,7H,1-4H2. The van der Waals surface area contributed by atoms with E-state index in [-0.39, 0.29) is 5.91 Å². The second-order valence-electron chi connectivity index (χ2n) is 3.30. The average Bonchev–Trinajstić information content (AvgIpc) is 2.75. The molecule has 1 fully saturated rings. The zero-order chi connectivity index (χ0) is 11.5. The largest absolute Gasteiger partial charge is 0.378 e. The van der Waals surface area contributed by atoms with Gasteiger partial charge in [-0.3, -0.25) is 4.79 Å². The van der Waals surface area contributed by atoms with Crippen molar-refractivity contribution in [3.63, 3.8) is 0 Å². The Kier molecular flexibility index (Phi) is 4.02. The summed E-state index contributed by atoms with van der Waals surface area (Å²) in [5.41, 5.74) is 0. The van der Waals surface area contributed by atoms with Gasteiger partial charge in [-0.25, -0.2) is 4.98 Å². The second kappa shape index (κ2) is 5.31. The minimum Gasteiger partial charge on any atom is -0.378 e. The van der Waals surface area contributed by atoms with Crippen molar-refractivity contribution in [3.05, 3.63) is 15.5 Å². The fourth-order valence-corrected chi connectivity index (χ4v) is 2.66. The summed E-state index contributed by atoms with van der Waals surface area (Å²) in [5, 5.41) is -0.196. The summed E-state index contributed by atoms with van der Waals surface area (Å²) in [7, 11) is 0. The summed E-state index contributed by atoms with van der Waals surface area (Å²) in [6.07, 6.45) is 1.50. The van der Waals surface area contributed by atoms with E-state index in [4.69, 9.17) is 27.9 Å². The van der Waals surface area contributed by atoms with Crippen LogP contribution in [0.3, 0.4) is 0 Å². The summed E-state index contributed by atoms with van der Waals surface area (Å²) in [5.74, 6) is -0.129. The van der Waals surface area contributed by atoms with Crippen molar-refractivity contribution in [1.29, 1.82) is 0 Å². The molecule has 1 amide bonds. The Labute approximate surface area is 107 Å². The van der Waals surface area contributed by atoms with E-state index in [2.05, 4.69) is 4.98 Å². The monoisotopic (exact) mass is 280 g/mol. The van der Waals surface area contributed by atoms with E-state index < -0.39 is 5.38 Å². The van der Waals surface area contributed by atoms with Crippen LogP contribution in [0.5, 0.6) is 0 Å². The van der Waals surface area contributed by atoms with E-state index in [0.717, 1.165) is 0 Å². The van der Waals surface area contributed by atoms with Crippen LogP contribution in [0.15, 0.2) is 6.20 Å². The highest BCUT2D eigenvalue weighted by atomic mass is 35.5. The van der Waals surface area contributed by atoms with E-state index in [0.29, 0.717) is 35.6 Å². The van der Waals surface area contributed by atoms with Gasteiger partial charge in [0.15, 0.2) is 5.38 Å². The van der Waals surface area contributed by atoms with Gasteiger partial charge in [0.05, 0.1) is 19.4 Å². The number of halogens is 2. The predicted molar refractivity (Wildman–Crippen MR) is 63.1 cm³/mol. The van der Waals surface area contributed by atoms with Crippen LogP contribution < -0.4 is 0 Å². The lowest BCUT2D eigenvalue weighted by Gasteiger charge is -2.28. The molecule has 1 aliphatic rings. The first-order chi connectivity index (χ1) is 7.68. The third-order valence-electron chi connectivity index (χ3n) is 2.25. The minimum absolute atomic E-state index is 0.129. The summed E-state index contributed by atoms with van der Waals surface area (Å²) in [4.78, 5) is 17.7. The molecule has 1 unspecified atom stereocenters. The molecule has 16 heavy (non-hydrogen) atoms. The number of rotatable bonds is 2. The Hall–Kier alpha value is -0.360. The van der Waals surface area contributed by atoms with Crippen molar-refractivity contribution in [2.45, 2.75) is 5.38 Å². The maximum Gasteiger partial charge on any atom is 0.247 e. The normalized spacial score (nSPS) is 18.5. The zero-order valence-electron chi connectivity index (χ0n) is 8.36. The summed E-state index contributed by atoms with van der Waals surface area (Å²) in [6, 6.07) is 0. The molecule has 1 aromatic heterocycles. The molecular formula is C9H10Cl2N2O2S. The molecule has 0 saturated carbocycles. The van der Waals surface area contributed by atoms with Gasteiger partial charge in [-0.05, 0) is 0 Å². The molecule has 0 radical (unpaired) electrons. The Morgan fingerprint density at radius 2 is 2.25 bits per heavy atom. The second-order valence-corrected chi connectivity index (χ2v) is 5.43. The molecule has 7 heteroatoms. The number of alkyl halides is 1. The Morgan fingerprint density at radius 1 is 1.56 bits per heavy atom. The topological polar surface area (TPSA) is 42.4 Å². The zero-order valence-corrected chi connectivity index (χ0v) is 10.7. The van der Waals surface area contributed by atoms with Crippen LogP contribution >= 0.6 is 34.5 Å². The van der Waals surface area contributed by atoms with Crippen molar-refractivity contribution in [2.75, 3.05) is 26.3 Å². The molecule has 1 aromatic rings. The lowest BCUT2D eigenvalue weighted by atomic mass is 10.3. The number of morpholine rings is 1. The first-order valence-corrected chi connectivity index (χ1v) is 6.43. The number of thiazole rings is 1. The van der Waals surface area contributed by atoms with Gasteiger partial charge in [-0.15, -0.1) is 22.9 Å². The molecule has 2 rings (SSSR count). The number of ether oxygens (including phenoxy) is 1. The molecule has 0 spiro atoms. The summed E-state index contributed by atoms with van der Waals surface area (Å²) >= 11 is 13.0. The van der Waals surface area contributed by atoms with Crippen molar-refractivity contribution >= 4 is 40.4 Å². The van der Waals surface area contributed by atoms with Gasteiger partial charge < -0.3 is 9.64 Å². The molecule has 4 nitrogen and oxygen atoms in total.